The Bertz CT molecular complexity index is 409. The van der Waals surface area contributed by atoms with E-state index in [1.54, 1.807) is 12.1 Å². The Labute approximate surface area is 100 Å². The SMILES string of the molecule is NCC(C(=O)O)c1ccc(CC2(O)CC2)cc1. The number of aliphatic hydroxyl groups is 1. The van der Waals surface area contributed by atoms with Gasteiger partial charge < -0.3 is 15.9 Å². The third-order valence-corrected chi connectivity index (χ3v) is 3.28. The molecule has 1 fully saturated rings. The molecule has 2 rings (SSSR count). The summed E-state index contributed by atoms with van der Waals surface area (Å²) in [4.78, 5) is 10.9. The Morgan fingerprint density at radius 3 is 2.35 bits per heavy atom. The molecule has 4 N–H and O–H groups in total. The van der Waals surface area contributed by atoms with Gasteiger partial charge in [0.2, 0.25) is 0 Å². The zero-order valence-electron chi connectivity index (χ0n) is 9.60. The van der Waals surface area contributed by atoms with Crippen LogP contribution in [0.25, 0.3) is 0 Å². The molecule has 1 unspecified atom stereocenters. The predicted octanol–water partition coefficient (Wildman–Crippen LogP) is 0.881. The molecule has 1 aliphatic carbocycles. The molecule has 0 spiro atoms. The molecule has 1 aromatic rings. The van der Waals surface area contributed by atoms with E-state index in [0.29, 0.717) is 12.0 Å². The van der Waals surface area contributed by atoms with Crippen molar-refractivity contribution in [3.63, 3.8) is 0 Å². The van der Waals surface area contributed by atoms with Crippen LogP contribution in [0.15, 0.2) is 24.3 Å². The first-order valence-electron chi connectivity index (χ1n) is 5.78. The van der Waals surface area contributed by atoms with E-state index < -0.39 is 17.5 Å². The van der Waals surface area contributed by atoms with Gasteiger partial charge in [-0.2, -0.15) is 0 Å². The standard InChI is InChI=1S/C13H17NO3/c14-8-11(12(15)16)10-3-1-9(2-4-10)7-13(17)5-6-13/h1-4,11,17H,5-8,14H2,(H,15,16). The molecule has 1 saturated carbocycles. The molecule has 1 atom stereocenters. The number of aliphatic carboxylic acids is 1. The van der Waals surface area contributed by atoms with Gasteiger partial charge >= 0.3 is 5.97 Å². The van der Waals surface area contributed by atoms with Gasteiger partial charge in [-0.1, -0.05) is 24.3 Å². The van der Waals surface area contributed by atoms with Crippen LogP contribution in [0.5, 0.6) is 0 Å². The highest BCUT2D eigenvalue weighted by Gasteiger charge is 2.40. The molecule has 0 heterocycles. The maximum Gasteiger partial charge on any atom is 0.312 e. The summed E-state index contributed by atoms with van der Waals surface area (Å²) in [6, 6.07) is 7.31. The molecule has 4 nitrogen and oxygen atoms in total. The van der Waals surface area contributed by atoms with Gasteiger partial charge in [0.1, 0.15) is 0 Å². The predicted molar refractivity (Wildman–Crippen MR) is 63.8 cm³/mol. The number of carboxylic acid groups (broad SMARTS) is 1. The lowest BCUT2D eigenvalue weighted by Crippen LogP contribution is -2.21. The van der Waals surface area contributed by atoms with Crippen molar-refractivity contribution in [2.24, 2.45) is 5.73 Å². The Hall–Kier alpha value is -1.39. The van der Waals surface area contributed by atoms with Gasteiger partial charge in [0.05, 0.1) is 11.5 Å². The fourth-order valence-corrected chi connectivity index (χ4v) is 1.95. The largest absolute Gasteiger partial charge is 0.481 e. The van der Waals surface area contributed by atoms with Crippen LogP contribution in [0.1, 0.15) is 29.9 Å². The quantitative estimate of drug-likeness (QED) is 0.707. The van der Waals surface area contributed by atoms with E-state index in [1.165, 1.54) is 0 Å². The van der Waals surface area contributed by atoms with Crippen molar-refractivity contribution in [2.45, 2.75) is 30.8 Å². The van der Waals surface area contributed by atoms with Crippen molar-refractivity contribution in [1.82, 2.24) is 0 Å². The lowest BCUT2D eigenvalue weighted by atomic mass is 9.96. The van der Waals surface area contributed by atoms with E-state index in [2.05, 4.69) is 0 Å². The Kier molecular flexibility index (Phi) is 3.17. The second-order valence-electron chi connectivity index (χ2n) is 4.77. The van der Waals surface area contributed by atoms with E-state index in [4.69, 9.17) is 10.8 Å². The molecule has 0 amide bonds. The maximum absolute atomic E-state index is 10.9. The van der Waals surface area contributed by atoms with Gasteiger partial charge in [-0.25, -0.2) is 0 Å². The van der Waals surface area contributed by atoms with Crippen LogP contribution in [0.2, 0.25) is 0 Å². The number of nitrogens with two attached hydrogens (primary N) is 1. The normalized spacial score (nSPS) is 18.7. The number of hydrogen-bond acceptors (Lipinski definition) is 3. The Balaban J connectivity index is 2.09. The van der Waals surface area contributed by atoms with E-state index in [9.17, 15) is 9.90 Å². The molecule has 0 aliphatic heterocycles. The van der Waals surface area contributed by atoms with Gasteiger partial charge in [0.15, 0.2) is 0 Å². The van der Waals surface area contributed by atoms with Crippen molar-refractivity contribution < 1.29 is 15.0 Å². The first-order valence-corrected chi connectivity index (χ1v) is 5.78. The average Bonchev–Trinajstić information content (AvgIpc) is 2.99. The highest BCUT2D eigenvalue weighted by atomic mass is 16.4. The van der Waals surface area contributed by atoms with Crippen LogP contribution in [0, 0.1) is 0 Å². The zero-order valence-corrected chi connectivity index (χ0v) is 9.60. The van der Waals surface area contributed by atoms with Crippen molar-refractivity contribution in [3.8, 4) is 0 Å². The van der Waals surface area contributed by atoms with Crippen molar-refractivity contribution in [3.05, 3.63) is 35.4 Å². The fourth-order valence-electron chi connectivity index (χ4n) is 1.95. The lowest BCUT2D eigenvalue weighted by Gasteiger charge is -2.12. The number of carboxylic acids is 1. The highest BCUT2D eigenvalue weighted by Crippen LogP contribution is 2.38. The summed E-state index contributed by atoms with van der Waals surface area (Å²) in [5.41, 5.74) is 6.67. The first kappa shape index (κ1) is 12.1. The first-order chi connectivity index (χ1) is 8.04. The minimum absolute atomic E-state index is 0.0959. The minimum Gasteiger partial charge on any atom is -0.481 e. The summed E-state index contributed by atoms with van der Waals surface area (Å²) in [6.45, 7) is 0.0959. The highest BCUT2D eigenvalue weighted by molar-refractivity contribution is 5.76. The van der Waals surface area contributed by atoms with Gasteiger partial charge in [0, 0.05) is 13.0 Å². The van der Waals surface area contributed by atoms with E-state index in [-0.39, 0.29) is 6.54 Å². The van der Waals surface area contributed by atoms with Crippen LogP contribution in [0.4, 0.5) is 0 Å². The summed E-state index contributed by atoms with van der Waals surface area (Å²) in [7, 11) is 0. The van der Waals surface area contributed by atoms with Gasteiger partial charge in [-0.05, 0) is 24.0 Å². The second kappa shape index (κ2) is 4.47. The van der Waals surface area contributed by atoms with Crippen LogP contribution in [-0.4, -0.2) is 28.3 Å². The van der Waals surface area contributed by atoms with Crippen LogP contribution < -0.4 is 5.73 Å². The lowest BCUT2D eigenvalue weighted by molar-refractivity contribution is -0.138. The summed E-state index contributed by atoms with van der Waals surface area (Å²) >= 11 is 0. The molecular formula is C13H17NO3. The molecule has 0 bridgehead atoms. The average molecular weight is 235 g/mol. The smallest absolute Gasteiger partial charge is 0.312 e. The van der Waals surface area contributed by atoms with E-state index >= 15 is 0 Å². The molecule has 4 heteroatoms. The number of benzene rings is 1. The van der Waals surface area contributed by atoms with Crippen molar-refractivity contribution in [2.75, 3.05) is 6.54 Å². The number of carbonyl (C=O) groups is 1. The van der Waals surface area contributed by atoms with Gasteiger partial charge in [-0.15, -0.1) is 0 Å². The summed E-state index contributed by atoms with van der Waals surface area (Å²) in [5.74, 6) is -1.55. The molecule has 1 aliphatic rings. The second-order valence-corrected chi connectivity index (χ2v) is 4.77. The van der Waals surface area contributed by atoms with Crippen molar-refractivity contribution in [1.29, 1.82) is 0 Å². The molecule has 0 saturated heterocycles. The van der Waals surface area contributed by atoms with Gasteiger partial charge in [0.25, 0.3) is 0 Å². The Morgan fingerprint density at radius 1 is 1.35 bits per heavy atom. The maximum atomic E-state index is 10.9. The number of hydrogen-bond donors (Lipinski definition) is 3. The summed E-state index contributed by atoms with van der Waals surface area (Å²) < 4.78 is 0. The van der Waals surface area contributed by atoms with Crippen LogP contribution in [0.3, 0.4) is 0 Å². The fraction of sp³-hybridized carbons (Fsp3) is 0.462. The summed E-state index contributed by atoms with van der Waals surface area (Å²) in [5, 5.41) is 18.8. The molecule has 17 heavy (non-hydrogen) atoms. The van der Waals surface area contributed by atoms with Crippen molar-refractivity contribution >= 4 is 5.97 Å². The topological polar surface area (TPSA) is 83.6 Å². The van der Waals surface area contributed by atoms with Gasteiger partial charge in [-0.3, -0.25) is 4.79 Å². The minimum atomic E-state index is -0.902. The molecule has 0 aromatic heterocycles. The molecule has 1 aromatic carbocycles. The monoisotopic (exact) mass is 235 g/mol. The zero-order chi connectivity index (χ0) is 12.5. The van der Waals surface area contributed by atoms with E-state index in [1.807, 2.05) is 12.1 Å². The third-order valence-electron chi connectivity index (χ3n) is 3.28. The Morgan fingerprint density at radius 2 is 1.94 bits per heavy atom. The molecule has 0 radical (unpaired) electrons. The van der Waals surface area contributed by atoms with Crippen LogP contribution >= 0.6 is 0 Å². The molecule has 92 valence electrons. The van der Waals surface area contributed by atoms with E-state index in [0.717, 1.165) is 18.4 Å². The third kappa shape index (κ3) is 2.84. The number of rotatable bonds is 5. The van der Waals surface area contributed by atoms with Crippen LogP contribution in [-0.2, 0) is 11.2 Å². The summed E-state index contributed by atoms with van der Waals surface area (Å²) in [6.07, 6.45) is 2.36. The molecular weight excluding hydrogens is 218 g/mol.